The fourth-order valence-electron chi connectivity index (χ4n) is 3.71. The molecule has 0 saturated carbocycles. The molecular weight excluding hydrogens is 324 g/mol. The minimum Gasteiger partial charge on any atom is -0.366 e. The Morgan fingerprint density at radius 3 is 2.54 bits per heavy atom. The van der Waals surface area contributed by atoms with Gasteiger partial charge in [0.25, 0.3) is 0 Å². The number of fused-ring (bicyclic) bond motifs is 2. The predicted molar refractivity (Wildman–Crippen MR) is 105 cm³/mol. The Kier molecular flexibility index (Phi) is 3.48. The fraction of sp³-hybridized carbons (Fsp3) is 0.250. The van der Waals surface area contributed by atoms with Gasteiger partial charge in [-0.05, 0) is 12.1 Å². The van der Waals surface area contributed by atoms with Crippen molar-refractivity contribution in [2.75, 3.05) is 36.0 Å². The average Bonchev–Trinajstić information content (AvgIpc) is 3.07. The van der Waals surface area contributed by atoms with Crippen LogP contribution in [0.2, 0.25) is 0 Å². The van der Waals surface area contributed by atoms with Crippen LogP contribution in [0.3, 0.4) is 0 Å². The van der Waals surface area contributed by atoms with Crippen LogP contribution >= 0.6 is 0 Å². The number of aromatic nitrogens is 4. The molecular formula is C20H20N6. The molecule has 26 heavy (non-hydrogen) atoms. The zero-order valence-electron chi connectivity index (χ0n) is 14.7. The summed E-state index contributed by atoms with van der Waals surface area (Å²) in [5, 5.41) is 7.96. The third kappa shape index (κ3) is 2.54. The van der Waals surface area contributed by atoms with Crippen LogP contribution in [-0.4, -0.2) is 45.9 Å². The Balaban J connectivity index is 1.38. The molecule has 4 heterocycles. The molecule has 1 saturated heterocycles. The van der Waals surface area contributed by atoms with Gasteiger partial charge >= 0.3 is 0 Å². The predicted octanol–water partition coefficient (Wildman–Crippen LogP) is 2.84. The van der Waals surface area contributed by atoms with E-state index in [1.54, 1.807) is 0 Å². The standard InChI is InChI=1S/C20H20N6/c1-24-14-16-6-7-19(22-20(16)23-24)26-10-8-25(9-11-26)18-13-21-12-15-4-2-3-5-17(15)18/h2-7,12-14H,8-11H2,1H3. The highest BCUT2D eigenvalue weighted by molar-refractivity contribution is 5.93. The molecule has 0 bridgehead atoms. The van der Waals surface area contributed by atoms with Crippen molar-refractivity contribution in [1.82, 2.24) is 19.7 Å². The van der Waals surface area contributed by atoms with Crippen molar-refractivity contribution in [3.8, 4) is 0 Å². The van der Waals surface area contributed by atoms with E-state index in [0.717, 1.165) is 43.0 Å². The molecule has 1 aliphatic heterocycles. The zero-order chi connectivity index (χ0) is 17.5. The molecule has 6 heteroatoms. The summed E-state index contributed by atoms with van der Waals surface area (Å²) in [5.41, 5.74) is 2.03. The molecule has 0 amide bonds. The molecule has 5 rings (SSSR count). The molecule has 1 aliphatic rings. The lowest BCUT2D eigenvalue weighted by Gasteiger charge is -2.37. The van der Waals surface area contributed by atoms with Gasteiger partial charge in [0.15, 0.2) is 5.65 Å². The van der Waals surface area contributed by atoms with Gasteiger partial charge in [-0.1, -0.05) is 24.3 Å². The van der Waals surface area contributed by atoms with E-state index < -0.39 is 0 Å². The van der Waals surface area contributed by atoms with Gasteiger partial charge in [-0.25, -0.2) is 4.98 Å². The minimum atomic E-state index is 0.811. The molecule has 0 radical (unpaired) electrons. The summed E-state index contributed by atoms with van der Waals surface area (Å²) < 4.78 is 1.81. The summed E-state index contributed by atoms with van der Waals surface area (Å²) in [5.74, 6) is 1.01. The van der Waals surface area contributed by atoms with Crippen LogP contribution in [0.25, 0.3) is 21.8 Å². The van der Waals surface area contributed by atoms with E-state index in [4.69, 9.17) is 4.98 Å². The number of hydrogen-bond donors (Lipinski definition) is 0. The van der Waals surface area contributed by atoms with Gasteiger partial charge in [-0.2, -0.15) is 5.10 Å². The molecule has 0 atom stereocenters. The fourth-order valence-corrected chi connectivity index (χ4v) is 3.71. The highest BCUT2D eigenvalue weighted by atomic mass is 15.3. The number of rotatable bonds is 2. The van der Waals surface area contributed by atoms with Crippen molar-refractivity contribution < 1.29 is 0 Å². The van der Waals surface area contributed by atoms with Crippen molar-refractivity contribution >= 4 is 33.3 Å². The van der Waals surface area contributed by atoms with Crippen LogP contribution < -0.4 is 9.80 Å². The second-order valence-electron chi connectivity index (χ2n) is 6.74. The van der Waals surface area contributed by atoms with Gasteiger partial charge < -0.3 is 9.80 Å². The normalized spacial score (nSPS) is 15.1. The number of anilines is 2. The quantitative estimate of drug-likeness (QED) is 0.560. The Morgan fingerprint density at radius 1 is 0.846 bits per heavy atom. The maximum atomic E-state index is 4.73. The average molecular weight is 344 g/mol. The molecule has 1 aromatic carbocycles. The van der Waals surface area contributed by atoms with Crippen LogP contribution in [0.15, 0.2) is 55.0 Å². The molecule has 3 aromatic heterocycles. The Bertz CT molecular complexity index is 1070. The Labute approximate surface area is 151 Å². The third-order valence-electron chi connectivity index (χ3n) is 5.06. The molecule has 0 unspecified atom stereocenters. The molecule has 6 nitrogen and oxygen atoms in total. The second kappa shape index (κ2) is 5.98. The van der Waals surface area contributed by atoms with E-state index in [1.807, 2.05) is 30.3 Å². The number of benzene rings is 1. The maximum absolute atomic E-state index is 4.73. The first-order chi connectivity index (χ1) is 12.8. The summed E-state index contributed by atoms with van der Waals surface area (Å²) in [6, 6.07) is 12.6. The van der Waals surface area contributed by atoms with E-state index in [9.17, 15) is 0 Å². The number of nitrogens with zero attached hydrogens (tertiary/aromatic N) is 6. The van der Waals surface area contributed by atoms with Gasteiger partial charge in [0, 0.05) is 61.8 Å². The Morgan fingerprint density at radius 2 is 1.65 bits per heavy atom. The summed E-state index contributed by atoms with van der Waals surface area (Å²) >= 11 is 0. The maximum Gasteiger partial charge on any atom is 0.183 e. The van der Waals surface area contributed by atoms with Crippen molar-refractivity contribution in [1.29, 1.82) is 0 Å². The second-order valence-corrected chi connectivity index (χ2v) is 6.74. The number of piperazine rings is 1. The van der Waals surface area contributed by atoms with Gasteiger partial charge in [-0.15, -0.1) is 0 Å². The van der Waals surface area contributed by atoms with Gasteiger partial charge in [-0.3, -0.25) is 9.67 Å². The van der Waals surface area contributed by atoms with Crippen LogP contribution in [-0.2, 0) is 7.05 Å². The summed E-state index contributed by atoms with van der Waals surface area (Å²) in [6.45, 7) is 3.79. The van der Waals surface area contributed by atoms with Crippen molar-refractivity contribution in [2.24, 2.45) is 7.05 Å². The molecule has 0 N–H and O–H groups in total. The summed E-state index contributed by atoms with van der Waals surface area (Å²) in [6.07, 6.45) is 5.91. The summed E-state index contributed by atoms with van der Waals surface area (Å²) in [7, 11) is 1.93. The van der Waals surface area contributed by atoms with Gasteiger partial charge in [0.05, 0.1) is 11.9 Å². The van der Waals surface area contributed by atoms with E-state index >= 15 is 0 Å². The van der Waals surface area contributed by atoms with Crippen molar-refractivity contribution in [3.63, 3.8) is 0 Å². The van der Waals surface area contributed by atoms with Gasteiger partial charge in [0.1, 0.15) is 5.82 Å². The first-order valence-corrected chi connectivity index (χ1v) is 8.91. The highest BCUT2D eigenvalue weighted by Crippen LogP contribution is 2.27. The zero-order valence-corrected chi connectivity index (χ0v) is 14.7. The van der Waals surface area contributed by atoms with E-state index in [2.05, 4.69) is 56.3 Å². The number of hydrogen-bond acceptors (Lipinski definition) is 5. The topological polar surface area (TPSA) is 50.1 Å². The van der Waals surface area contributed by atoms with Crippen LogP contribution in [0, 0.1) is 0 Å². The van der Waals surface area contributed by atoms with Gasteiger partial charge in [0.2, 0.25) is 0 Å². The van der Waals surface area contributed by atoms with Crippen molar-refractivity contribution in [3.05, 3.63) is 55.0 Å². The first kappa shape index (κ1) is 15.1. The lowest BCUT2D eigenvalue weighted by molar-refractivity contribution is 0.648. The van der Waals surface area contributed by atoms with E-state index in [1.165, 1.54) is 16.5 Å². The number of pyridine rings is 2. The van der Waals surface area contributed by atoms with E-state index in [0.29, 0.717) is 0 Å². The smallest absolute Gasteiger partial charge is 0.183 e. The number of aryl methyl sites for hydroxylation is 1. The summed E-state index contributed by atoms with van der Waals surface area (Å²) in [4.78, 5) is 13.9. The van der Waals surface area contributed by atoms with Crippen LogP contribution in [0.4, 0.5) is 11.5 Å². The largest absolute Gasteiger partial charge is 0.366 e. The third-order valence-corrected chi connectivity index (χ3v) is 5.06. The monoisotopic (exact) mass is 344 g/mol. The van der Waals surface area contributed by atoms with Crippen LogP contribution in [0.5, 0.6) is 0 Å². The van der Waals surface area contributed by atoms with E-state index in [-0.39, 0.29) is 0 Å². The molecule has 0 aliphatic carbocycles. The van der Waals surface area contributed by atoms with Crippen molar-refractivity contribution in [2.45, 2.75) is 0 Å². The highest BCUT2D eigenvalue weighted by Gasteiger charge is 2.20. The molecule has 4 aromatic rings. The lowest BCUT2D eigenvalue weighted by Crippen LogP contribution is -2.46. The first-order valence-electron chi connectivity index (χ1n) is 8.91. The lowest BCUT2D eigenvalue weighted by atomic mass is 10.1. The molecule has 130 valence electrons. The SMILES string of the molecule is Cn1cc2ccc(N3CCN(c4cncc5ccccc45)CC3)nc2n1. The molecule has 0 spiro atoms. The molecule has 1 fully saturated rings. The Hall–Kier alpha value is -3.15. The minimum absolute atomic E-state index is 0.811. The van der Waals surface area contributed by atoms with Crippen LogP contribution in [0.1, 0.15) is 0 Å².